The predicted molar refractivity (Wildman–Crippen MR) is 60.1 cm³/mol. The van der Waals surface area contributed by atoms with Crippen LogP contribution in [0.2, 0.25) is 0 Å². The van der Waals surface area contributed by atoms with Crippen LogP contribution in [0.1, 0.15) is 26.5 Å². The molecule has 5 heteroatoms. The molecule has 0 bridgehead atoms. The number of hydrogen-bond donors (Lipinski definition) is 1. The highest BCUT2D eigenvalue weighted by Gasteiger charge is 2.16. The molecule has 0 saturated carbocycles. The van der Waals surface area contributed by atoms with Crippen LogP contribution in [0.5, 0.6) is 0 Å². The van der Waals surface area contributed by atoms with Gasteiger partial charge in [0.25, 0.3) is 0 Å². The van der Waals surface area contributed by atoms with Gasteiger partial charge in [-0.1, -0.05) is 20.8 Å². The Labute approximate surface area is 94.1 Å². The van der Waals surface area contributed by atoms with Crippen LogP contribution >= 0.6 is 11.6 Å². The van der Waals surface area contributed by atoms with Gasteiger partial charge >= 0.3 is 0 Å². The number of amides is 1. The quantitative estimate of drug-likeness (QED) is 0.786. The highest BCUT2D eigenvalue weighted by Crippen LogP contribution is 2.19. The largest absolute Gasteiger partial charge is 0.293 e. The second-order valence-electron chi connectivity index (χ2n) is 4.20. The van der Waals surface area contributed by atoms with E-state index in [4.69, 9.17) is 11.6 Å². The Morgan fingerprint density at radius 3 is 2.73 bits per heavy atom. The van der Waals surface area contributed by atoms with Crippen LogP contribution in [0.15, 0.2) is 12.3 Å². The molecule has 1 amide bonds. The van der Waals surface area contributed by atoms with Crippen LogP contribution in [0.4, 0.5) is 5.95 Å². The predicted octanol–water partition coefficient (Wildman–Crippen LogP) is 1.95. The van der Waals surface area contributed by atoms with E-state index in [1.807, 2.05) is 26.8 Å². The Bertz CT molecular complexity index is 360. The molecule has 82 valence electrons. The first-order valence-electron chi connectivity index (χ1n) is 4.63. The molecule has 1 heterocycles. The number of anilines is 1. The van der Waals surface area contributed by atoms with E-state index in [1.165, 1.54) is 0 Å². The molecule has 1 aromatic heterocycles. The van der Waals surface area contributed by atoms with E-state index in [1.54, 1.807) is 6.20 Å². The molecule has 4 nitrogen and oxygen atoms in total. The van der Waals surface area contributed by atoms with E-state index < -0.39 is 0 Å². The molecule has 1 rings (SSSR count). The number of rotatable bonds is 2. The Hall–Kier alpha value is -1.16. The summed E-state index contributed by atoms with van der Waals surface area (Å²) in [5, 5.41) is 2.51. The highest BCUT2D eigenvalue weighted by molar-refractivity contribution is 6.28. The van der Waals surface area contributed by atoms with Gasteiger partial charge in [0.1, 0.15) is 5.88 Å². The lowest BCUT2D eigenvalue weighted by Gasteiger charge is -2.17. The highest BCUT2D eigenvalue weighted by atomic mass is 35.5. The van der Waals surface area contributed by atoms with Crippen molar-refractivity contribution in [1.29, 1.82) is 0 Å². The molecule has 0 aliphatic rings. The summed E-state index contributed by atoms with van der Waals surface area (Å²) in [6.07, 6.45) is 1.62. The summed E-state index contributed by atoms with van der Waals surface area (Å²) in [6.45, 7) is 6.13. The number of nitrogens with zero attached hydrogens (tertiary/aromatic N) is 2. The van der Waals surface area contributed by atoms with Crippen molar-refractivity contribution in [1.82, 2.24) is 9.97 Å². The zero-order chi connectivity index (χ0) is 11.5. The Morgan fingerprint density at radius 2 is 2.20 bits per heavy atom. The Balaban J connectivity index is 2.88. The van der Waals surface area contributed by atoms with Gasteiger partial charge in [0.05, 0.1) is 5.69 Å². The smallest absolute Gasteiger partial charge is 0.241 e. The first kappa shape index (κ1) is 11.9. The van der Waals surface area contributed by atoms with E-state index in [9.17, 15) is 4.79 Å². The maximum atomic E-state index is 11.0. The fourth-order valence-corrected chi connectivity index (χ4v) is 1.06. The van der Waals surface area contributed by atoms with Gasteiger partial charge in [0, 0.05) is 11.6 Å². The minimum absolute atomic E-state index is 0.0661. The fourth-order valence-electron chi connectivity index (χ4n) is 0.995. The van der Waals surface area contributed by atoms with E-state index >= 15 is 0 Å². The number of nitrogens with one attached hydrogen (secondary N) is 1. The average molecular weight is 228 g/mol. The molecule has 15 heavy (non-hydrogen) atoms. The summed E-state index contributed by atoms with van der Waals surface area (Å²) >= 11 is 5.36. The maximum absolute atomic E-state index is 11.0. The topological polar surface area (TPSA) is 54.9 Å². The van der Waals surface area contributed by atoms with Crippen molar-refractivity contribution in [3.8, 4) is 0 Å². The van der Waals surface area contributed by atoms with Crippen molar-refractivity contribution in [3.63, 3.8) is 0 Å². The van der Waals surface area contributed by atoms with Crippen molar-refractivity contribution < 1.29 is 4.79 Å². The minimum atomic E-state index is -0.303. The van der Waals surface area contributed by atoms with Crippen LogP contribution in [-0.2, 0) is 10.2 Å². The number of carbonyl (C=O) groups is 1. The van der Waals surface area contributed by atoms with Gasteiger partial charge in [0.15, 0.2) is 0 Å². The lowest BCUT2D eigenvalue weighted by molar-refractivity contribution is -0.114. The van der Waals surface area contributed by atoms with Crippen molar-refractivity contribution in [2.75, 3.05) is 11.2 Å². The van der Waals surface area contributed by atoms with Gasteiger partial charge < -0.3 is 0 Å². The van der Waals surface area contributed by atoms with Gasteiger partial charge in [-0.15, -0.1) is 11.6 Å². The summed E-state index contributed by atoms with van der Waals surface area (Å²) in [5.41, 5.74) is 0.811. The van der Waals surface area contributed by atoms with Crippen molar-refractivity contribution >= 4 is 23.5 Å². The lowest BCUT2D eigenvalue weighted by Crippen LogP contribution is -2.18. The summed E-state index contributed by atoms with van der Waals surface area (Å²) in [7, 11) is 0. The molecular weight excluding hydrogens is 214 g/mol. The van der Waals surface area contributed by atoms with Gasteiger partial charge in [-0.05, 0) is 6.07 Å². The molecule has 0 atom stereocenters. The van der Waals surface area contributed by atoms with Crippen LogP contribution in [0.3, 0.4) is 0 Å². The molecule has 1 aromatic rings. The maximum Gasteiger partial charge on any atom is 0.241 e. The molecule has 0 aromatic carbocycles. The molecule has 0 saturated heterocycles. The number of carbonyl (C=O) groups excluding carboxylic acids is 1. The normalized spacial score (nSPS) is 11.2. The van der Waals surface area contributed by atoms with Crippen LogP contribution in [0, 0.1) is 0 Å². The van der Waals surface area contributed by atoms with E-state index in [0.29, 0.717) is 5.95 Å². The third-order valence-corrected chi connectivity index (χ3v) is 2.04. The summed E-state index contributed by atoms with van der Waals surface area (Å²) in [5.74, 6) is -0.0980. The molecular formula is C10H14ClN3O. The minimum Gasteiger partial charge on any atom is -0.293 e. The SMILES string of the molecule is CC(C)(C)c1ccnc(NC(=O)CCl)n1. The van der Waals surface area contributed by atoms with E-state index in [2.05, 4.69) is 15.3 Å². The Kier molecular flexibility index (Phi) is 3.63. The summed E-state index contributed by atoms with van der Waals surface area (Å²) in [4.78, 5) is 19.2. The summed E-state index contributed by atoms with van der Waals surface area (Å²) < 4.78 is 0. The van der Waals surface area contributed by atoms with Gasteiger partial charge in [-0.2, -0.15) is 0 Å². The van der Waals surface area contributed by atoms with Gasteiger partial charge in [0.2, 0.25) is 11.9 Å². The summed E-state index contributed by atoms with van der Waals surface area (Å²) in [6, 6.07) is 1.83. The Morgan fingerprint density at radius 1 is 1.53 bits per heavy atom. The second kappa shape index (κ2) is 4.57. The number of alkyl halides is 1. The number of aromatic nitrogens is 2. The third kappa shape index (κ3) is 3.47. The van der Waals surface area contributed by atoms with Crippen molar-refractivity contribution in [2.24, 2.45) is 0 Å². The fraction of sp³-hybridized carbons (Fsp3) is 0.500. The molecule has 0 unspecified atom stereocenters. The number of hydrogen-bond acceptors (Lipinski definition) is 3. The van der Waals surface area contributed by atoms with Crippen LogP contribution in [0.25, 0.3) is 0 Å². The average Bonchev–Trinajstić information content (AvgIpc) is 2.17. The van der Waals surface area contributed by atoms with E-state index in [0.717, 1.165) is 5.69 Å². The molecule has 1 N–H and O–H groups in total. The first-order chi connectivity index (χ1) is 6.93. The van der Waals surface area contributed by atoms with Crippen LogP contribution < -0.4 is 5.32 Å². The van der Waals surface area contributed by atoms with Crippen LogP contribution in [-0.4, -0.2) is 21.8 Å². The number of halogens is 1. The standard InChI is InChI=1S/C10H14ClN3O/c1-10(2,3)7-4-5-12-9(13-7)14-8(15)6-11/h4-5H,6H2,1-3H3,(H,12,13,14,15). The molecule has 0 aliphatic heterocycles. The zero-order valence-electron chi connectivity index (χ0n) is 9.04. The van der Waals surface area contributed by atoms with E-state index in [-0.39, 0.29) is 17.2 Å². The third-order valence-electron chi connectivity index (χ3n) is 1.80. The van der Waals surface area contributed by atoms with Crippen molar-refractivity contribution in [3.05, 3.63) is 18.0 Å². The first-order valence-corrected chi connectivity index (χ1v) is 5.16. The zero-order valence-corrected chi connectivity index (χ0v) is 9.80. The van der Waals surface area contributed by atoms with Crippen molar-refractivity contribution in [2.45, 2.75) is 26.2 Å². The van der Waals surface area contributed by atoms with Gasteiger partial charge in [-0.3, -0.25) is 10.1 Å². The second-order valence-corrected chi connectivity index (χ2v) is 4.46. The molecule has 0 fully saturated rings. The lowest BCUT2D eigenvalue weighted by atomic mass is 9.92. The molecule has 0 aliphatic carbocycles. The molecule has 0 spiro atoms. The van der Waals surface area contributed by atoms with Gasteiger partial charge in [-0.25, -0.2) is 9.97 Å². The monoisotopic (exact) mass is 227 g/mol. The molecule has 0 radical (unpaired) electrons.